The highest BCUT2D eigenvalue weighted by Gasteiger charge is 2.05. The van der Waals surface area contributed by atoms with E-state index in [1.807, 2.05) is 0 Å². The zero-order valence-electron chi connectivity index (χ0n) is 9.03. The summed E-state index contributed by atoms with van der Waals surface area (Å²) in [7, 11) is 0. The van der Waals surface area contributed by atoms with Crippen LogP contribution in [0.3, 0.4) is 0 Å². The van der Waals surface area contributed by atoms with Gasteiger partial charge in [0.2, 0.25) is 5.28 Å². The molecule has 6 heteroatoms. The second kappa shape index (κ2) is 5.46. The Labute approximate surface area is 98.3 Å². The van der Waals surface area contributed by atoms with Crippen LogP contribution in [0.2, 0.25) is 5.28 Å². The zero-order chi connectivity index (χ0) is 12.1. The number of nitrogens with zero attached hydrogens (tertiary/aromatic N) is 2. The average molecular weight is 242 g/mol. The molecular weight excluding hydrogens is 230 g/mol. The van der Waals surface area contributed by atoms with Gasteiger partial charge in [-0.2, -0.15) is 0 Å². The molecule has 0 amide bonds. The molecule has 1 aromatic rings. The number of hydrogen-bond acceptors (Lipinski definition) is 5. The molecule has 0 saturated heterocycles. The van der Waals surface area contributed by atoms with E-state index in [1.165, 1.54) is 12.2 Å². The van der Waals surface area contributed by atoms with E-state index in [4.69, 9.17) is 22.1 Å². The lowest BCUT2D eigenvalue weighted by Gasteiger charge is -2.03. The van der Waals surface area contributed by atoms with Crippen molar-refractivity contribution in [1.29, 1.82) is 0 Å². The molecule has 1 aromatic heterocycles. The highest BCUT2D eigenvalue weighted by Crippen LogP contribution is 2.16. The van der Waals surface area contributed by atoms with Gasteiger partial charge < -0.3 is 10.5 Å². The summed E-state index contributed by atoms with van der Waals surface area (Å²) in [5, 5.41) is 0.0864. The van der Waals surface area contributed by atoms with Gasteiger partial charge in [-0.1, -0.05) is 0 Å². The third-order valence-corrected chi connectivity index (χ3v) is 1.98. The van der Waals surface area contributed by atoms with E-state index in [9.17, 15) is 4.79 Å². The smallest absolute Gasteiger partial charge is 0.330 e. The molecule has 0 fully saturated rings. The van der Waals surface area contributed by atoms with Gasteiger partial charge in [-0.15, -0.1) is 0 Å². The van der Waals surface area contributed by atoms with Gasteiger partial charge in [0, 0.05) is 11.6 Å². The third kappa shape index (κ3) is 3.20. The summed E-state index contributed by atoms with van der Waals surface area (Å²) in [6.45, 7) is 3.79. The molecule has 0 atom stereocenters. The van der Waals surface area contributed by atoms with Gasteiger partial charge >= 0.3 is 5.97 Å². The summed E-state index contributed by atoms with van der Waals surface area (Å²) in [6, 6.07) is 0. The van der Waals surface area contributed by atoms with Gasteiger partial charge in [-0.25, -0.2) is 14.8 Å². The molecule has 0 aliphatic carbocycles. The molecule has 2 N–H and O–H groups in total. The predicted molar refractivity (Wildman–Crippen MR) is 61.9 cm³/mol. The molecule has 16 heavy (non-hydrogen) atoms. The fraction of sp³-hybridized carbons (Fsp3) is 0.300. The number of ether oxygens (including phenoxy) is 1. The van der Waals surface area contributed by atoms with E-state index in [1.54, 1.807) is 13.8 Å². The monoisotopic (exact) mass is 241 g/mol. The fourth-order valence-corrected chi connectivity index (χ4v) is 1.33. The minimum Gasteiger partial charge on any atom is -0.463 e. The van der Waals surface area contributed by atoms with Crippen molar-refractivity contribution in [2.24, 2.45) is 0 Å². The Morgan fingerprint density at radius 3 is 2.81 bits per heavy atom. The first-order valence-electron chi connectivity index (χ1n) is 4.69. The van der Waals surface area contributed by atoms with Crippen LogP contribution in [-0.2, 0) is 9.53 Å². The quantitative estimate of drug-likeness (QED) is 0.494. The van der Waals surface area contributed by atoms with Crippen molar-refractivity contribution in [1.82, 2.24) is 9.97 Å². The molecule has 0 unspecified atom stereocenters. The highest BCUT2D eigenvalue weighted by atomic mass is 35.5. The van der Waals surface area contributed by atoms with Crippen molar-refractivity contribution < 1.29 is 9.53 Å². The van der Waals surface area contributed by atoms with Gasteiger partial charge in [0.1, 0.15) is 5.82 Å². The Morgan fingerprint density at radius 2 is 2.25 bits per heavy atom. The van der Waals surface area contributed by atoms with Crippen LogP contribution in [0.1, 0.15) is 18.2 Å². The van der Waals surface area contributed by atoms with Crippen LogP contribution in [0.15, 0.2) is 6.08 Å². The van der Waals surface area contributed by atoms with Crippen LogP contribution < -0.4 is 5.73 Å². The SMILES string of the molecule is CCOC(=O)/C=C/c1c(C)nc(Cl)nc1N. The molecule has 0 radical (unpaired) electrons. The summed E-state index contributed by atoms with van der Waals surface area (Å²) >= 11 is 5.62. The van der Waals surface area contributed by atoms with E-state index in [2.05, 4.69) is 9.97 Å². The van der Waals surface area contributed by atoms with E-state index in [0.717, 1.165) is 0 Å². The summed E-state index contributed by atoms with van der Waals surface area (Å²) < 4.78 is 4.73. The number of halogens is 1. The summed E-state index contributed by atoms with van der Waals surface area (Å²) in [4.78, 5) is 18.8. The molecule has 0 aliphatic heterocycles. The molecule has 86 valence electrons. The van der Waals surface area contributed by atoms with Gasteiger partial charge in [0.15, 0.2) is 0 Å². The number of nitrogens with two attached hydrogens (primary N) is 1. The van der Waals surface area contributed by atoms with E-state index >= 15 is 0 Å². The Kier molecular flexibility index (Phi) is 4.25. The zero-order valence-corrected chi connectivity index (χ0v) is 9.78. The van der Waals surface area contributed by atoms with Crippen LogP contribution in [0, 0.1) is 6.92 Å². The van der Waals surface area contributed by atoms with Crippen molar-refractivity contribution in [2.45, 2.75) is 13.8 Å². The van der Waals surface area contributed by atoms with Crippen LogP contribution in [-0.4, -0.2) is 22.5 Å². The average Bonchev–Trinajstić information content (AvgIpc) is 2.16. The lowest BCUT2D eigenvalue weighted by molar-refractivity contribution is -0.137. The van der Waals surface area contributed by atoms with Crippen molar-refractivity contribution in [3.8, 4) is 0 Å². The van der Waals surface area contributed by atoms with Crippen LogP contribution >= 0.6 is 11.6 Å². The Hall–Kier alpha value is -1.62. The maximum absolute atomic E-state index is 11.1. The van der Waals surface area contributed by atoms with E-state index in [0.29, 0.717) is 17.9 Å². The Bertz CT molecular complexity index is 409. The third-order valence-electron chi connectivity index (χ3n) is 1.81. The molecule has 0 bridgehead atoms. The lowest BCUT2D eigenvalue weighted by atomic mass is 10.2. The second-order valence-electron chi connectivity index (χ2n) is 2.96. The van der Waals surface area contributed by atoms with Crippen LogP contribution in [0.4, 0.5) is 5.82 Å². The normalized spacial score (nSPS) is 10.7. The standard InChI is InChI=1S/C10H12ClN3O2/c1-3-16-8(15)5-4-7-6(2)13-10(11)14-9(7)12/h4-5H,3H2,1-2H3,(H2,12,13,14)/b5-4+. The molecule has 0 saturated carbocycles. The van der Waals surface area contributed by atoms with Crippen LogP contribution in [0.5, 0.6) is 0 Å². The van der Waals surface area contributed by atoms with Crippen molar-refractivity contribution in [3.63, 3.8) is 0 Å². The minimum atomic E-state index is -0.434. The van der Waals surface area contributed by atoms with Gasteiger partial charge in [-0.3, -0.25) is 0 Å². The number of esters is 1. The maximum Gasteiger partial charge on any atom is 0.330 e. The minimum absolute atomic E-state index is 0.0864. The molecule has 1 heterocycles. The molecular formula is C10H12ClN3O2. The van der Waals surface area contributed by atoms with Gasteiger partial charge in [-0.05, 0) is 31.5 Å². The summed E-state index contributed by atoms with van der Waals surface area (Å²) in [5.74, 6) is -0.200. The van der Waals surface area contributed by atoms with E-state index in [-0.39, 0.29) is 11.1 Å². The van der Waals surface area contributed by atoms with Crippen molar-refractivity contribution >= 4 is 29.5 Å². The number of hydrogen-bond donors (Lipinski definition) is 1. The molecule has 5 nitrogen and oxygen atoms in total. The maximum atomic E-state index is 11.1. The first-order chi connectivity index (χ1) is 7.54. The second-order valence-corrected chi connectivity index (χ2v) is 3.30. The largest absolute Gasteiger partial charge is 0.463 e. The number of aryl methyl sites for hydroxylation is 1. The lowest BCUT2D eigenvalue weighted by Crippen LogP contribution is -2.02. The Balaban J connectivity index is 2.93. The first kappa shape index (κ1) is 12.4. The number of carbonyl (C=O) groups is 1. The fourth-order valence-electron chi connectivity index (χ4n) is 1.12. The number of rotatable bonds is 3. The molecule has 1 rings (SSSR count). The van der Waals surface area contributed by atoms with Crippen molar-refractivity contribution in [3.05, 3.63) is 22.6 Å². The van der Waals surface area contributed by atoms with Crippen molar-refractivity contribution in [2.75, 3.05) is 12.3 Å². The highest BCUT2D eigenvalue weighted by molar-refractivity contribution is 6.28. The number of anilines is 1. The molecule has 0 spiro atoms. The molecule has 0 aromatic carbocycles. The number of aromatic nitrogens is 2. The van der Waals surface area contributed by atoms with Gasteiger partial charge in [0.25, 0.3) is 0 Å². The van der Waals surface area contributed by atoms with Gasteiger partial charge in [0.05, 0.1) is 12.3 Å². The van der Waals surface area contributed by atoms with E-state index < -0.39 is 5.97 Å². The molecule has 0 aliphatic rings. The first-order valence-corrected chi connectivity index (χ1v) is 5.06. The summed E-state index contributed by atoms with van der Waals surface area (Å²) in [6.07, 6.45) is 2.79. The predicted octanol–water partition coefficient (Wildman–Crippen LogP) is 1.60. The Morgan fingerprint density at radius 1 is 1.56 bits per heavy atom. The topological polar surface area (TPSA) is 78.1 Å². The number of nitrogen functional groups attached to an aromatic ring is 1. The summed E-state index contributed by atoms with van der Waals surface area (Å²) in [5.41, 5.74) is 6.82. The number of carbonyl (C=O) groups excluding carboxylic acids is 1. The van der Waals surface area contributed by atoms with Crippen LogP contribution in [0.25, 0.3) is 6.08 Å².